The molecule has 460 valence electrons. The molecule has 3 fully saturated rings. The molecule has 6 aliphatic rings. The third-order valence-corrected chi connectivity index (χ3v) is 19.1. The third kappa shape index (κ3) is 12.1. The lowest BCUT2D eigenvalue weighted by molar-refractivity contribution is -0.134. The number of amides is 3. The lowest BCUT2D eigenvalue weighted by Crippen LogP contribution is -2.44. The summed E-state index contributed by atoms with van der Waals surface area (Å²) in [6, 6.07) is 45.8. The smallest absolute Gasteiger partial charge is 0.255 e. The van der Waals surface area contributed by atoms with Crippen molar-refractivity contribution in [3.63, 3.8) is 0 Å². The topological polar surface area (TPSA) is 187 Å². The average molecular weight is 1240 g/mol. The van der Waals surface area contributed by atoms with Crippen LogP contribution in [0, 0.1) is 5.82 Å². The Morgan fingerprint density at radius 3 is 1.59 bits per heavy atom. The van der Waals surface area contributed by atoms with E-state index in [0.29, 0.717) is 110 Å². The molecule has 3 aliphatic carbocycles. The number of hydrogen-bond acceptors (Lipinski definition) is 13. The Morgan fingerprint density at radius 2 is 1.03 bits per heavy atom. The van der Waals surface area contributed by atoms with E-state index in [0.717, 1.165) is 60.2 Å². The van der Waals surface area contributed by atoms with Gasteiger partial charge in [-0.2, -0.15) is 0 Å². The number of Topliss-reactive ketones (excluding diaryl/α,β-unsaturated/α-hetero) is 5. The zero-order valence-electron chi connectivity index (χ0n) is 50.2. The monoisotopic (exact) mass is 1240 g/mol. The predicted octanol–water partition coefficient (Wildman–Crippen LogP) is 14.1. The van der Waals surface area contributed by atoms with E-state index in [1.54, 1.807) is 51.1 Å². The van der Waals surface area contributed by atoms with Crippen LogP contribution in [0.15, 0.2) is 168 Å². The number of hydrogen-bond donors (Lipinski definition) is 0. The largest absolute Gasteiger partial charge is 0.488 e. The lowest BCUT2D eigenvalue weighted by atomic mass is 9.90. The number of rotatable bonds is 12. The first kappa shape index (κ1) is 60.1. The van der Waals surface area contributed by atoms with Crippen molar-refractivity contribution in [1.29, 1.82) is 0 Å². The van der Waals surface area contributed by atoms with Crippen molar-refractivity contribution < 1.29 is 61.4 Å². The predicted molar refractivity (Wildman–Crippen MR) is 340 cm³/mol. The minimum Gasteiger partial charge on any atom is -0.488 e. The first-order valence-electron chi connectivity index (χ1n) is 30.7. The summed E-state index contributed by atoms with van der Waals surface area (Å²) in [5.74, 6) is 1.53. The molecule has 0 saturated heterocycles. The van der Waals surface area contributed by atoms with Gasteiger partial charge in [-0.3, -0.25) is 38.4 Å². The van der Waals surface area contributed by atoms with Crippen molar-refractivity contribution >= 4 is 89.8 Å². The maximum Gasteiger partial charge on any atom is 0.255 e. The number of carbonyl (C=O) groups is 8. The Hall–Kier alpha value is -9.87. The summed E-state index contributed by atoms with van der Waals surface area (Å²) >= 11 is 1.49. The van der Waals surface area contributed by atoms with Crippen LogP contribution >= 0.6 is 11.3 Å². The van der Waals surface area contributed by atoms with E-state index >= 15 is 0 Å². The molecular weight excluding hydrogens is 1170 g/mol. The number of fused-ring (bicyclic) bond motifs is 6. The molecule has 2 aromatic heterocycles. The summed E-state index contributed by atoms with van der Waals surface area (Å²) in [7, 11) is 0. The SMILES string of the molecule is C=C1CCC(N2Cc3c(OCc4cc5c(F)cccc5s4)cccc3C2=O)C(=O)C1.CC(Oc1cccc2c1CN(C1CCC(=O)CC1=O)C2=O)c1cc2ccccc2o1.CC(Oc1cccc2c1CN(C1CCC(=O)CC1=O)C2=O)c1ccc2ccccc2c1. The van der Waals surface area contributed by atoms with E-state index in [1.807, 2.05) is 92.7 Å². The average Bonchev–Trinajstić information content (AvgIpc) is 1.71. The number of para-hydroxylation sites is 1. The maximum atomic E-state index is 14.0. The van der Waals surface area contributed by atoms with Crippen LogP contribution in [0.3, 0.4) is 0 Å². The molecule has 7 aromatic carbocycles. The van der Waals surface area contributed by atoms with Gasteiger partial charge in [0.1, 0.15) is 58.7 Å². The molecule has 0 radical (unpaired) electrons. The minimum absolute atomic E-state index is 0.0429. The van der Waals surface area contributed by atoms with Crippen LogP contribution in [-0.2, 0) is 50.2 Å². The van der Waals surface area contributed by atoms with Gasteiger partial charge in [0.05, 0.1) is 50.6 Å². The molecule has 9 aromatic rings. The van der Waals surface area contributed by atoms with E-state index in [9.17, 15) is 42.7 Å². The first-order valence-corrected chi connectivity index (χ1v) is 31.5. The highest BCUT2D eigenvalue weighted by Gasteiger charge is 2.43. The molecule has 0 bridgehead atoms. The molecule has 5 unspecified atom stereocenters. The summed E-state index contributed by atoms with van der Waals surface area (Å²) in [5, 5.41) is 3.93. The van der Waals surface area contributed by atoms with Gasteiger partial charge in [0.15, 0.2) is 23.5 Å². The summed E-state index contributed by atoms with van der Waals surface area (Å²) < 4.78 is 39.3. The van der Waals surface area contributed by atoms with Crippen LogP contribution in [0.25, 0.3) is 31.8 Å². The van der Waals surface area contributed by atoms with Gasteiger partial charge in [0.2, 0.25) is 0 Å². The molecule has 3 amide bonds. The number of thiophene rings is 1. The van der Waals surface area contributed by atoms with Crippen LogP contribution in [0.5, 0.6) is 17.2 Å². The highest BCUT2D eigenvalue weighted by atomic mass is 32.1. The Labute approximate surface area is 528 Å². The number of benzene rings is 7. The lowest BCUT2D eigenvalue weighted by Gasteiger charge is -2.30. The van der Waals surface area contributed by atoms with Crippen molar-refractivity contribution in [1.82, 2.24) is 14.7 Å². The molecule has 3 saturated carbocycles. The minimum atomic E-state index is -0.539. The molecule has 5 atom stereocenters. The van der Waals surface area contributed by atoms with Gasteiger partial charge in [-0.1, -0.05) is 91.0 Å². The van der Waals surface area contributed by atoms with E-state index in [1.165, 1.54) is 22.8 Å². The molecule has 5 heterocycles. The summed E-state index contributed by atoms with van der Waals surface area (Å²) in [4.78, 5) is 105. The van der Waals surface area contributed by atoms with Crippen molar-refractivity contribution in [2.75, 3.05) is 0 Å². The van der Waals surface area contributed by atoms with Crippen LogP contribution in [0.2, 0.25) is 0 Å². The van der Waals surface area contributed by atoms with E-state index in [-0.39, 0.29) is 77.5 Å². The molecular formula is C74H64FN3O12S. The van der Waals surface area contributed by atoms with Gasteiger partial charge in [0, 0.05) is 73.0 Å². The number of ketones is 5. The fraction of sp³-hybridized carbons (Fsp3) is 0.270. The van der Waals surface area contributed by atoms with Gasteiger partial charge in [0.25, 0.3) is 17.7 Å². The molecule has 15 nitrogen and oxygen atoms in total. The van der Waals surface area contributed by atoms with Crippen LogP contribution in [0.1, 0.15) is 148 Å². The Bertz CT molecular complexity index is 4450. The highest BCUT2D eigenvalue weighted by Crippen LogP contribution is 2.41. The quantitative estimate of drug-likeness (QED) is 0.0833. The first-order chi connectivity index (χ1) is 44.0. The molecule has 0 spiro atoms. The second kappa shape index (κ2) is 25.2. The zero-order chi connectivity index (χ0) is 63.2. The summed E-state index contributed by atoms with van der Waals surface area (Å²) in [6.07, 6.45) is 2.51. The molecule has 0 N–H and O–H groups in total. The van der Waals surface area contributed by atoms with Gasteiger partial charge < -0.3 is 33.3 Å². The Morgan fingerprint density at radius 1 is 0.527 bits per heavy atom. The number of carbonyl (C=O) groups excluding carboxylic acids is 8. The molecule has 15 rings (SSSR count). The zero-order valence-corrected chi connectivity index (χ0v) is 51.1. The second-order valence-electron chi connectivity index (χ2n) is 24.0. The number of ether oxygens (including phenoxy) is 3. The summed E-state index contributed by atoms with van der Waals surface area (Å²) in [6.45, 7) is 9.11. The standard InChI is InChI=1S/C26H23NO4.C24H20FNO3S.C24H21NO5/c1-16(18-10-9-17-5-2-3-6-19(17)13-18)31-25-8-4-7-21-22(25)15-27(26(21)30)23-12-11-20(28)14-24(23)29;1-14-8-9-20(21(27)10-14)26-12-18-16(24(26)28)4-2-6-22(18)29-13-15-11-17-19(25)5-3-7-23(17)30-15;1-14(23-11-15-5-2-3-7-21(15)30-23)29-22-8-4-6-17-18(22)13-25(24(17)28)19-10-9-16(26)12-20(19)27/h2-10,13,16,23H,11-12,14-15H2,1H3;2-7,11,20H,1,8-10,12-13H2;2-8,11,14,19H,9-10,12-13H2,1H3. The van der Waals surface area contributed by atoms with Gasteiger partial charge in [-0.15, -0.1) is 11.3 Å². The number of allylic oxidation sites excluding steroid dienone is 1. The maximum absolute atomic E-state index is 14.0. The van der Waals surface area contributed by atoms with Crippen LogP contribution in [-0.4, -0.2) is 79.5 Å². The van der Waals surface area contributed by atoms with Gasteiger partial charge in [-0.05, 0) is 129 Å². The van der Waals surface area contributed by atoms with E-state index < -0.39 is 18.1 Å². The Kier molecular flexibility index (Phi) is 16.6. The summed E-state index contributed by atoms with van der Waals surface area (Å²) in [5.41, 5.74) is 6.90. The third-order valence-electron chi connectivity index (χ3n) is 18.1. The van der Waals surface area contributed by atoms with Crippen LogP contribution in [0.4, 0.5) is 4.39 Å². The molecule has 3 aliphatic heterocycles. The van der Waals surface area contributed by atoms with Gasteiger partial charge in [-0.25, -0.2) is 4.39 Å². The number of furan rings is 1. The normalized spacial score (nSPS) is 19.5. The number of nitrogens with zero attached hydrogens (tertiary/aromatic N) is 3. The fourth-order valence-electron chi connectivity index (χ4n) is 13.2. The van der Waals surface area contributed by atoms with Crippen LogP contribution < -0.4 is 14.2 Å². The van der Waals surface area contributed by atoms with E-state index in [2.05, 4.69) is 36.9 Å². The second-order valence-corrected chi connectivity index (χ2v) is 25.2. The van der Waals surface area contributed by atoms with Crippen molar-refractivity contribution in [2.24, 2.45) is 0 Å². The van der Waals surface area contributed by atoms with Crippen molar-refractivity contribution in [3.05, 3.63) is 219 Å². The van der Waals surface area contributed by atoms with Crippen molar-refractivity contribution in [2.45, 2.75) is 128 Å². The number of halogens is 1. The molecule has 17 heteroatoms. The molecule has 91 heavy (non-hydrogen) atoms. The highest BCUT2D eigenvalue weighted by molar-refractivity contribution is 7.19. The Balaban J connectivity index is 0.000000125. The van der Waals surface area contributed by atoms with Crippen molar-refractivity contribution in [3.8, 4) is 17.2 Å². The fourth-order valence-corrected chi connectivity index (χ4v) is 14.2. The van der Waals surface area contributed by atoms with E-state index in [4.69, 9.17) is 18.6 Å². The van der Waals surface area contributed by atoms with Gasteiger partial charge >= 0.3 is 0 Å².